The van der Waals surface area contributed by atoms with Crippen molar-refractivity contribution in [3.63, 3.8) is 0 Å². The van der Waals surface area contributed by atoms with Crippen molar-refractivity contribution in [2.75, 3.05) is 31.1 Å². The number of aryl methyl sites for hydroxylation is 2. The Labute approximate surface area is 154 Å². The quantitative estimate of drug-likeness (QED) is 0.692. The van der Waals surface area contributed by atoms with E-state index < -0.39 is 0 Å². The molecule has 4 heteroatoms. The highest BCUT2D eigenvalue weighted by molar-refractivity contribution is 5.96. The van der Waals surface area contributed by atoms with Crippen molar-refractivity contribution < 1.29 is 9.21 Å². The zero-order valence-corrected chi connectivity index (χ0v) is 15.6. The summed E-state index contributed by atoms with van der Waals surface area (Å²) in [6.45, 7) is 9.44. The van der Waals surface area contributed by atoms with Gasteiger partial charge in [-0.15, -0.1) is 0 Å². The highest BCUT2D eigenvalue weighted by Gasteiger charge is 2.25. The second-order valence-corrected chi connectivity index (χ2v) is 7.15. The second-order valence-electron chi connectivity index (χ2n) is 7.15. The summed E-state index contributed by atoms with van der Waals surface area (Å²) in [5.74, 6) is 0.422. The summed E-state index contributed by atoms with van der Waals surface area (Å²) in [6, 6.07) is 14.3. The first-order valence-electron chi connectivity index (χ1n) is 9.13. The number of benzene rings is 2. The molecule has 4 nitrogen and oxygen atoms in total. The minimum Gasteiger partial charge on any atom is -0.451 e. The van der Waals surface area contributed by atoms with Crippen LogP contribution in [-0.4, -0.2) is 37.0 Å². The Kier molecular flexibility index (Phi) is 4.19. The summed E-state index contributed by atoms with van der Waals surface area (Å²) < 4.78 is 5.81. The van der Waals surface area contributed by atoms with Gasteiger partial charge in [-0.1, -0.05) is 24.3 Å². The van der Waals surface area contributed by atoms with Crippen LogP contribution < -0.4 is 4.90 Å². The Morgan fingerprint density at radius 3 is 2.50 bits per heavy atom. The van der Waals surface area contributed by atoms with Crippen LogP contribution in [0.5, 0.6) is 0 Å². The number of hydrogen-bond acceptors (Lipinski definition) is 3. The summed E-state index contributed by atoms with van der Waals surface area (Å²) in [7, 11) is 0. The third-order valence-corrected chi connectivity index (χ3v) is 5.37. The number of amides is 1. The highest BCUT2D eigenvalue weighted by atomic mass is 16.3. The largest absolute Gasteiger partial charge is 0.451 e. The number of carbonyl (C=O) groups excluding carboxylic acids is 1. The zero-order chi connectivity index (χ0) is 18.3. The van der Waals surface area contributed by atoms with Crippen LogP contribution in [-0.2, 0) is 0 Å². The second kappa shape index (κ2) is 6.52. The number of anilines is 1. The van der Waals surface area contributed by atoms with E-state index in [0.717, 1.165) is 29.6 Å². The molecule has 1 aromatic heterocycles. The summed E-state index contributed by atoms with van der Waals surface area (Å²) in [4.78, 5) is 17.1. The van der Waals surface area contributed by atoms with Crippen LogP contribution in [0.3, 0.4) is 0 Å². The van der Waals surface area contributed by atoms with E-state index in [9.17, 15) is 4.79 Å². The van der Waals surface area contributed by atoms with Gasteiger partial charge in [-0.05, 0) is 55.7 Å². The van der Waals surface area contributed by atoms with Crippen molar-refractivity contribution in [2.45, 2.75) is 20.8 Å². The van der Waals surface area contributed by atoms with Crippen molar-refractivity contribution in [2.24, 2.45) is 0 Å². The van der Waals surface area contributed by atoms with Crippen LogP contribution in [0.25, 0.3) is 11.0 Å². The van der Waals surface area contributed by atoms with E-state index in [4.69, 9.17) is 4.42 Å². The molecule has 0 spiro atoms. The fourth-order valence-electron chi connectivity index (χ4n) is 3.63. The average molecular weight is 348 g/mol. The fourth-order valence-corrected chi connectivity index (χ4v) is 3.63. The molecule has 26 heavy (non-hydrogen) atoms. The minimum atomic E-state index is -0.0144. The first kappa shape index (κ1) is 16.7. The average Bonchev–Trinajstić information content (AvgIpc) is 3.07. The lowest BCUT2D eigenvalue weighted by molar-refractivity contribution is 0.0717. The summed E-state index contributed by atoms with van der Waals surface area (Å²) in [5, 5.41) is 0.980. The first-order valence-corrected chi connectivity index (χ1v) is 9.13. The van der Waals surface area contributed by atoms with Crippen LogP contribution in [0.1, 0.15) is 27.2 Å². The van der Waals surface area contributed by atoms with E-state index in [2.05, 4.69) is 36.9 Å². The lowest BCUT2D eigenvalue weighted by atomic mass is 10.1. The van der Waals surface area contributed by atoms with Crippen molar-refractivity contribution in [1.82, 2.24) is 4.90 Å². The molecule has 1 fully saturated rings. The molecule has 4 rings (SSSR count). The van der Waals surface area contributed by atoms with Gasteiger partial charge in [0.05, 0.1) is 0 Å². The molecule has 2 heterocycles. The van der Waals surface area contributed by atoms with Gasteiger partial charge in [0.25, 0.3) is 5.91 Å². The van der Waals surface area contributed by atoms with Gasteiger partial charge in [-0.3, -0.25) is 4.79 Å². The van der Waals surface area contributed by atoms with Crippen molar-refractivity contribution in [3.05, 3.63) is 64.9 Å². The first-order chi connectivity index (χ1) is 12.5. The third kappa shape index (κ3) is 2.96. The number of fused-ring (bicyclic) bond motifs is 1. The Bertz CT molecular complexity index is 965. The normalized spacial score (nSPS) is 14.9. The number of hydrogen-bond donors (Lipinski definition) is 0. The standard InChI is InChI=1S/C22H24N2O2/c1-15-7-8-18-14-21(26-20(18)13-15)22(25)24-11-9-23(10-12-24)19-6-4-5-16(2)17(19)3/h4-8,13-14H,9-12H2,1-3H3. The predicted molar refractivity (Wildman–Crippen MR) is 105 cm³/mol. The topological polar surface area (TPSA) is 36.7 Å². The van der Waals surface area contributed by atoms with Gasteiger partial charge >= 0.3 is 0 Å². The monoisotopic (exact) mass is 348 g/mol. The molecule has 0 unspecified atom stereocenters. The van der Waals surface area contributed by atoms with E-state index in [0.29, 0.717) is 18.8 Å². The van der Waals surface area contributed by atoms with Gasteiger partial charge in [0.1, 0.15) is 5.58 Å². The third-order valence-electron chi connectivity index (χ3n) is 5.37. The maximum Gasteiger partial charge on any atom is 0.289 e. The lowest BCUT2D eigenvalue weighted by Crippen LogP contribution is -2.49. The number of nitrogens with zero attached hydrogens (tertiary/aromatic N) is 2. The van der Waals surface area contributed by atoms with Crippen LogP contribution in [0.15, 0.2) is 46.9 Å². The maximum atomic E-state index is 12.8. The Morgan fingerprint density at radius 1 is 0.962 bits per heavy atom. The van der Waals surface area contributed by atoms with Gasteiger partial charge in [0.2, 0.25) is 0 Å². The fraction of sp³-hybridized carbons (Fsp3) is 0.318. The van der Waals surface area contributed by atoms with Gasteiger partial charge in [0, 0.05) is 37.3 Å². The SMILES string of the molecule is Cc1ccc2cc(C(=O)N3CCN(c4cccc(C)c4C)CC3)oc2c1. The van der Waals surface area contributed by atoms with Crippen LogP contribution in [0.4, 0.5) is 5.69 Å². The summed E-state index contributed by atoms with van der Waals surface area (Å²) in [5.41, 5.74) is 5.81. The van der Waals surface area contributed by atoms with Gasteiger partial charge < -0.3 is 14.2 Å². The van der Waals surface area contributed by atoms with Gasteiger partial charge in [0.15, 0.2) is 5.76 Å². The van der Waals surface area contributed by atoms with Crippen LogP contribution in [0.2, 0.25) is 0 Å². The molecule has 1 amide bonds. The molecule has 1 aliphatic heterocycles. The smallest absolute Gasteiger partial charge is 0.289 e. The van der Waals surface area contributed by atoms with E-state index in [1.807, 2.05) is 36.1 Å². The highest BCUT2D eigenvalue weighted by Crippen LogP contribution is 2.25. The summed E-state index contributed by atoms with van der Waals surface area (Å²) >= 11 is 0. The molecular weight excluding hydrogens is 324 g/mol. The Morgan fingerprint density at radius 2 is 1.73 bits per heavy atom. The van der Waals surface area contributed by atoms with Gasteiger partial charge in [-0.2, -0.15) is 0 Å². The van der Waals surface area contributed by atoms with Gasteiger partial charge in [-0.25, -0.2) is 0 Å². The summed E-state index contributed by atoms with van der Waals surface area (Å²) in [6.07, 6.45) is 0. The zero-order valence-electron chi connectivity index (χ0n) is 15.6. The molecule has 0 N–H and O–H groups in total. The molecule has 2 aromatic carbocycles. The van der Waals surface area contributed by atoms with Crippen molar-refractivity contribution in [3.8, 4) is 0 Å². The number of rotatable bonds is 2. The molecule has 0 saturated carbocycles. The van der Waals surface area contributed by atoms with E-state index in [-0.39, 0.29) is 5.91 Å². The molecule has 0 radical (unpaired) electrons. The molecule has 0 aliphatic carbocycles. The van der Waals surface area contributed by atoms with Crippen molar-refractivity contribution in [1.29, 1.82) is 0 Å². The number of furan rings is 1. The Balaban J connectivity index is 1.48. The molecule has 0 atom stereocenters. The Hall–Kier alpha value is -2.75. The molecule has 1 aliphatic rings. The van der Waals surface area contributed by atoms with Crippen molar-refractivity contribution >= 4 is 22.6 Å². The minimum absolute atomic E-state index is 0.0144. The van der Waals surface area contributed by atoms with Crippen LogP contribution in [0, 0.1) is 20.8 Å². The van der Waals surface area contributed by atoms with E-state index in [1.165, 1.54) is 16.8 Å². The predicted octanol–water partition coefficient (Wildman–Crippen LogP) is 4.32. The molecule has 0 bridgehead atoms. The van der Waals surface area contributed by atoms with E-state index >= 15 is 0 Å². The van der Waals surface area contributed by atoms with E-state index in [1.54, 1.807) is 0 Å². The lowest BCUT2D eigenvalue weighted by Gasteiger charge is -2.36. The maximum absolute atomic E-state index is 12.8. The number of carbonyl (C=O) groups is 1. The molecule has 3 aromatic rings. The number of piperazine rings is 1. The molecule has 134 valence electrons. The van der Waals surface area contributed by atoms with Crippen LogP contribution >= 0.6 is 0 Å². The molecular formula is C22H24N2O2. The molecule has 1 saturated heterocycles.